The van der Waals surface area contributed by atoms with E-state index < -0.39 is 5.82 Å². The molecule has 2 bridgehead atoms. The number of nitrogens with zero attached hydrogens (tertiary/aromatic N) is 1. The number of phenolic OH excluding ortho intramolecular Hbond substituents is 1. The van der Waals surface area contributed by atoms with Crippen LogP contribution in [0.1, 0.15) is 36.0 Å². The summed E-state index contributed by atoms with van der Waals surface area (Å²) in [5.41, 5.74) is 0.0515. The lowest BCUT2D eigenvalue weighted by Gasteiger charge is -2.27. The van der Waals surface area contributed by atoms with Crippen molar-refractivity contribution in [2.45, 2.75) is 25.7 Å². The Kier molecular flexibility index (Phi) is 3.40. The SMILES string of the molecule is CN(CC1CC2CCC1C2)C(=O)c1cc(F)ccc1O. The minimum absolute atomic E-state index is 0.0515. The Morgan fingerprint density at radius 2 is 2.20 bits per heavy atom. The first kappa shape index (κ1) is 13.4. The predicted molar refractivity (Wildman–Crippen MR) is 74.0 cm³/mol. The van der Waals surface area contributed by atoms with E-state index in [1.54, 1.807) is 11.9 Å². The average Bonchev–Trinajstić information content (AvgIpc) is 3.03. The van der Waals surface area contributed by atoms with Crippen LogP contribution in [0, 0.1) is 23.6 Å². The molecular weight excluding hydrogens is 257 g/mol. The summed E-state index contributed by atoms with van der Waals surface area (Å²) in [6.45, 7) is 0.704. The average molecular weight is 277 g/mol. The number of rotatable bonds is 3. The van der Waals surface area contributed by atoms with Crippen molar-refractivity contribution in [2.24, 2.45) is 17.8 Å². The summed E-state index contributed by atoms with van der Waals surface area (Å²) in [5.74, 6) is 1.20. The summed E-state index contributed by atoms with van der Waals surface area (Å²) in [6.07, 6.45) is 5.13. The van der Waals surface area contributed by atoms with E-state index in [0.717, 1.165) is 24.0 Å². The van der Waals surface area contributed by atoms with Crippen LogP contribution in [0.25, 0.3) is 0 Å². The maximum absolute atomic E-state index is 13.2. The molecule has 0 saturated heterocycles. The molecule has 0 radical (unpaired) electrons. The third-order valence-electron chi connectivity index (χ3n) is 4.93. The van der Waals surface area contributed by atoms with E-state index in [1.807, 2.05) is 0 Å². The zero-order chi connectivity index (χ0) is 14.3. The smallest absolute Gasteiger partial charge is 0.257 e. The van der Waals surface area contributed by atoms with Gasteiger partial charge >= 0.3 is 0 Å². The molecule has 1 aromatic rings. The van der Waals surface area contributed by atoms with Gasteiger partial charge in [0.1, 0.15) is 11.6 Å². The van der Waals surface area contributed by atoms with Gasteiger partial charge in [-0.2, -0.15) is 0 Å². The Morgan fingerprint density at radius 1 is 1.40 bits per heavy atom. The normalized spacial score (nSPS) is 27.8. The first-order chi connectivity index (χ1) is 9.54. The van der Waals surface area contributed by atoms with Gasteiger partial charge in [0.15, 0.2) is 0 Å². The number of benzene rings is 1. The van der Waals surface area contributed by atoms with Gasteiger partial charge in [0.05, 0.1) is 5.56 Å². The summed E-state index contributed by atoms with van der Waals surface area (Å²) in [6, 6.07) is 3.49. The molecular formula is C16H20FNO2. The fourth-order valence-electron chi connectivity index (χ4n) is 3.92. The third-order valence-corrected chi connectivity index (χ3v) is 4.93. The second-order valence-corrected chi connectivity index (χ2v) is 6.28. The van der Waals surface area contributed by atoms with Gasteiger partial charge in [0, 0.05) is 13.6 Å². The molecule has 3 atom stereocenters. The number of aromatic hydroxyl groups is 1. The zero-order valence-corrected chi connectivity index (χ0v) is 11.7. The van der Waals surface area contributed by atoms with Crippen LogP contribution in [0.4, 0.5) is 4.39 Å². The van der Waals surface area contributed by atoms with Crippen LogP contribution in [0.5, 0.6) is 5.75 Å². The third kappa shape index (κ3) is 2.39. The van der Waals surface area contributed by atoms with E-state index in [2.05, 4.69) is 0 Å². The Balaban J connectivity index is 1.69. The van der Waals surface area contributed by atoms with Crippen LogP contribution >= 0.6 is 0 Å². The van der Waals surface area contributed by atoms with E-state index in [1.165, 1.54) is 31.7 Å². The summed E-state index contributed by atoms with van der Waals surface area (Å²) in [5, 5.41) is 9.71. The largest absolute Gasteiger partial charge is 0.507 e. The minimum Gasteiger partial charge on any atom is -0.507 e. The lowest BCUT2D eigenvalue weighted by molar-refractivity contribution is 0.0750. The van der Waals surface area contributed by atoms with Gasteiger partial charge in [-0.3, -0.25) is 4.79 Å². The van der Waals surface area contributed by atoms with Crippen LogP contribution < -0.4 is 0 Å². The number of fused-ring (bicyclic) bond motifs is 2. The van der Waals surface area contributed by atoms with Crippen molar-refractivity contribution < 1.29 is 14.3 Å². The van der Waals surface area contributed by atoms with E-state index >= 15 is 0 Å². The molecule has 0 spiro atoms. The molecule has 3 nitrogen and oxygen atoms in total. The van der Waals surface area contributed by atoms with Gasteiger partial charge in [0.2, 0.25) is 0 Å². The first-order valence-electron chi connectivity index (χ1n) is 7.28. The highest BCUT2D eigenvalue weighted by Crippen LogP contribution is 2.48. The van der Waals surface area contributed by atoms with Crippen LogP contribution in [0.15, 0.2) is 18.2 Å². The van der Waals surface area contributed by atoms with Gasteiger partial charge in [-0.15, -0.1) is 0 Å². The van der Waals surface area contributed by atoms with Crippen LogP contribution in [-0.2, 0) is 0 Å². The number of phenols is 1. The van der Waals surface area contributed by atoms with E-state index in [0.29, 0.717) is 12.5 Å². The molecule has 3 unspecified atom stereocenters. The number of hydrogen-bond donors (Lipinski definition) is 1. The molecule has 0 aromatic heterocycles. The molecule has 1 aromatic carbocycles. The quantitative estimate of drug-likeness (QED) is 0.922. The summed E-state index contributed by atoms with van der Waals surface area (Å²) in [7, 11) is 1.73. The van der Waals surface area contributed by atoms with Gasteiger partial charge in [-0.05, 0) is 55.2 Å². The van der Waals surface area contributed by atoms with Crippen molar-refractivity contribution in [2.75, 3.05) is 13.6 Å². The number of carbonyl (C=O) groups is 1. The Labute approximate surface area is 118 Å². The highest BCUT2D eigenvalue weighted by atomic mass is 19.1. The van der Waals surface area contributed by atoms with Gasteiger partial charge in [-0.1, -0.05) is 6.42 Å². The van der Waals surface area contributed by atoms with Crippen LogP contribution in [-0.4, -0.2) is 29.5 Å². The van der Waals surface area contributed by atoms with Gasteiger partial charge < -0.3 is 10.0 Å². The second kappa shape index (κ2) is 5.08. The van der Waals surface area contributed by atoms with E-state index in [4.69, 9.17) is 0 Å². The summed E-state index contributed by atoms with van der Waals surface area (Å²) < 4.78 is 13.2. The zero-order valence-electron chi connectivity index (χ0n) is 11.7. The summed E-state index contributed by atoms with van der Waals surface area (Å²) >= 11 is 0. The topological polar surface area (TPSA) is 40.5 Å². The number of halogens is 1. The molecule has 3 rings (SSSR count). The van der Waals surface area contributed by atoms with E-state index in [-0.39, 0.29) is 17.2 Å². The van der Waals surface area contributed by atoms with Crippen molar-refractivity contribution in [3.63, 3.8) is 0 Å². The standard InChI is InChI=1S/C16H20FNO2/c1-18(9-12-7-10-2-3-11(12)6-10)16(20)14-8-13(17)4-5-15(14)19/h4-5,8,10-12,19H,2-3,6-7,9H2,1H3. The van der Waals surface area contributed by atoms with Crippen molar-refractivity contribution >= 4 is 5.91 Å². The molecule has 0 aliphatic heterocycles. The fourth-order valence-corrected chi connectivity index (χ4v) is 3.92. The van der Waals surface area contributed by atoms with Gasteiger partial charge in [0.25, 0.3) is 5.91 Å². The highest BCUT2D eigenvalue weighted by Gasteiger charge is 2.40. The monoisotopic (exact) mass is 277 g/mol. The molecule has 2 aliphatic carbocycles. The Hall–Kier alpha value is -1.58. The maximum Gasteiger partial charge on any atom is 0.257 e. The predicted octanol–water partition coefficient (Wildman–Crippen LogP) is 3.04. The van der Waals surface area contributed by atoms with E-state index in [9.17, 15) is 14.3 Å². The molecule has 2 aliphatic rings. The molecule has 20 heavy (non-hydrogen) atoms. The maximum atomic E-state index is 13.2. The number of amides is 1. The number of hydrogen-bond acceptors (Lipinski definition) is 2. The Bertz CT molecular complexity index is 531. The minimum atomic E-state index is -0.500. The van der Waals surface area contributed by atoms with Crippen LogP contribution in [0.3, 0.4) is 0 Å². The molecule has 4 heteroatoms. The highest BCUT2D eigenvalue weighted by molar-refractivity contribution is 5.96. The molecule has 2 fully saturated rings. The lowest BCUT2D eigenvalue weighted by Crippen LogP contribution is -2.33. The molecule has 0 heterocycles. The van der Waals surface area contributed by atoms with Gasteiger partial charge in [-0.25, -0.2) is 4.39 Å². The fraction of sp³-hybridized carbons (Fsp3) is 0.562. The summed E-state index contributed by atoms with van der Waals surface area (Å²) in [4.78, 5) is 13.9. The second-order valence-electron chi connectivity index (χ2n) is 6.28. The Morgan fingerprint density at radius 3 is 2.85 bits per heavy atom. The van der Waals surface area contributed by atoms with Crippen molar-refractivity contribution in [1.82, 2.24) is 4.90 Å². The van der Waals surface area contributed by atoms with Crippen molar-refractivity contribution in [3.05, 3.63) is 29.6 Å². The molecule has 1 N–H and O–H groups in total. The molecule has 1 amide bonds. The molecule has 2 saturated carbocycles. The molecule has 108 valence electrons. The van der Waals surface area contributed by atoms with Crippen molar-refractivity contribution in [3.8, 4) is 5.75 Å². The van der Waals surface area contributed by atoms with Crippen LogP contribution in [0.2, 0.25) is 0 Å². The van der Waals surface area contributed by atoms with Crippen molar-refractivity contribution in [1.29, 1.82) is 0 Å². The first-order valence-corrected chi connectivity index (χ1v) is 7.28. The lowest BCUT2D eigenvalue weighted by atomic mass is 9.88. The number of carbonyl (C=O) groups excluding carboxylic acids is 1.